The Labute approximate surface area is 235 Å². The van der Waals surface area contributed by atoms with Gasteiger partial charge in [-0.1, -0.05) is 114 Å². The van der Waals surface area contributed by atoms with Gasteiger partial charge in [-0.15, -0.1) is 5.73 Å². The molecule has 5 aromatic rings. The lowest BCUT2D eigenvalue weighted by Gasteiger charge is -2.18. The highest BCUT2D eigenvalue weighted by Gasteiger charge is 2.15. The van der Waals surface area contributed by atoms with E-state index < -0.39 is 0 Å². The Morgan fingerprint density at radius 2 is 1.00 bits per heavy atom. The molecular formula is C37H37Br. The van der Waals surface area contributed by atoms with E-state index >= 15 is 0 Å². The Morgan fingerprint density at radius 1 is 0.500 bits per heavy atom. The van der Waals surface area contributed by atoms with Crippen LogP contribution in [-0.4, -0.2) is 5.33 Å². The fourth-order valence-corrected chi connectivity index (χ4v) is 6.94. The fourth-order valence-electron chi connectivity index (χ4n) is 6.54. The van der Waals surface area contributed by atoms with Crippen LogP contribution < -0.4 is 0 Å². The van der Waals surface area contributed by atoms with E-state index in [-0.39, 0.29) is 0 Å². The van der Waals surface area contributed by atoms with Crippen LogP contribution in [0.1, 0.15) is 68.9 Å². The van der Waals surface area contributed by atoms with Crippen molar-refractivity contribution < 1.29 is 0 Å². The predicted molar refractivity (Wildman–Crippen MR) is 171 cm³/mol. The highest BCUT2D eigenvalue weighted by molar-refractivity contribution is 9.09. The van der Waals surface area contributed by atoms with Crippen LogP contribution in [0.15, 0.2) is 90.2 Å². The van der Waals surface area contributed by atoms with Crippen LogP contribution in [0.3, 0.4) is 0 Å². The number of fused-ring (bicyclic) bond motifs is 2. The van der Waals surface area contributed by atoms with Crippen LogP contribution in [0.25, 0.3) is 43.1 Å². The van der Waals surface area contributed by atoms with Crippen LogP contribution in [0.2, 0.25) is 0 Å². The monoisotopic (exact) mass is 560 g/mol. The van der Waals surface area contributed by atoms with Gasteiger partial charge in [0.15, 0.2) is 0 Å². The molecule has 38 heavy (non-hydrogen) atoms. The summed E-state index contributed by atoms with van der Waals surface area (Å²) in [5.74, 6) is 0. The summed E-state index contributed by atoms with van der Waals surface area (Å²) in [6.45, 7) is 0. The van der Waals surface area contributed by atoms with Gasteiger partial charge in [-0.3, -0.25) is 0 Å². The van der Waals surface area contributed by atoms with Gasteiger partial charge in [0.05, 0.1) is 0 Å². The Kier molecular flexibility index (Phi) is 7.96. The van der Waals surface area contributed by atoms with Crippen LogP contribution >= 0.6 is 15.9 Å². The molecule has 192 valence electrons. The number of hydrogen-bond donors (Lipinski definition) is 0. The zero-order valence-corrected chi connectivity index (χ0v) is 24.0. The van der Waals surface area contributed by atoms with Crippen molar-refractivity contribution in [3.63, 3.8) is 0 Å². The molecule has 0 bridgehead atoms. The second kappa shape index (κ2) is 11.9. The van der Waals surface area contributed by atoms with E-state index in [4.69, 9.17) is 0 Å². The van der Waals surface area contributed by atoms with Crippen molar-refractivity contribution >= 4 is 59.0 Å². The van der Waals surface area contributed by atoms with Crippen LogP contribution in [0.5, 0.6) is 0 Å². The molecule has 0 radical (unpaired) electrons. The molecule has 0 unspecified atom stereocenters. The van der Waals surface area contributed by atoms with Crippen molar-refractivity contribution in [1.29, 1.82) is 0 Å². The highest BCUT2D eigenvalue weighted by atomic mass is 79.9. The predicted octanol–water partition coefficient (Wildman–Crippen LogP) is 11.4. The average molecular weight is 562 g/mol. The van der Waals surface area contributed by atoms with Crippen molar-refractivity contribution in [3.05, 3.63) is 101 Å². The lowest BCUT2D eigenvalue weighted by atomic mass is 9.86. The summed E-state index contributed by atoms with van der Waals surface area (Å²) < 4.78 is 0. The van der Waals surface area contributed by atoms with Crippen LogP contribution in [-0.2, 0) is 12.8 Å². The Bertz CT molecular complexity index is 1640. The van der Waals surface area contributed by atoms with Crippen LogP contribution in [0, 0.1) is 0 Å². The molecule has 0 amide bonds. The maximum absolute atomic E-state index is 3.57. The molecule has 0 nitrogen and oxygen atoms in total. The number of halogens is 1. The first-order valence-electron chi connectivity index (χ1n) is 14.6. The zero-order valence-electron chi connectivity index (χ0n) is 22.4. The molecule has 6 rings (SSSR count). The second-order valence-corrected chi connectivity index (χ2v) is 11.8. The van der Waals surface area contributed by atoms with Crippen molar-refractivity contribution in [1.82, 2.24) is 0 Å². The molecule has 0 aromatic heterocycles. The SMILES string of the molecule is BrCCCCCCc1ccc2c3ccc(CCCCCCC4=C=CC=C4)c4cccc(c5cccc1c52)c43. The summed E-state index contributed by atoms with van der Waals surface area (Å²) in [4.78, 5) is 0. The van der Waals surface area contributed by atoms with E-state index in [9.17, 15) is 0 Å². The summed E-state index contributed by atoms with van der Waals surface area (Å²) in [6, 6.07) is 23.6. The minimum atomic E-state index is 1.12. The largest absolute Gasteiger partial charge is 0.117 e. The van der Waals surface area contributed by atoms with Gasteiger partial charge in [0.25, 0.3) is 0 Å². The lowest BCUT2D eigenvalue weighted by Crippen LogP contribution is -1.94. The molecule has 1 aliphatic carbocycles. The number of rotatable bonds is 13. The number of aryl methyl sites for hydroxylation is 2. The summed E-state index contributed by atoms with van der Waals surface area (Å²) >= 11 is 3.57. The van der Waals surface area contributed by atoms with E-state index in [0.29, 0.717) is 0 Å². The van der Waals surface area contributed by atoms with Crippen molar-refractivity contribution in [2.24, 2.45) is 0 Å². The van der Waals surface area contributed by atoms with E-state index in [2.05, 4.69) is 94.5 Å². The molecule has 0 saturated carbocycles. The molecule has 0 saturated heterocycles. The molecule has 0 aliphatic heterocycles. The topological polar surface area (TPSA) is 0 Å². The third-order valence-electron chi connectivity index (χ3n) is 8.48. The van der Waals surface area contributed by atoms with Gasteiger partial charge in [-0.2, -0.15) is 0 Å². The van der Waals surface area contributed by atoms with Crippen LogP contribution in [0.4, 0.5) is 0 Å². The standard InChI is InChI=1S/C37H37Br/c38-26-10-4-3-7-17-29-23-25-35-34-24-22-28(16-6-2-1-5-13-27-14-8-9-15-27)30-18-11-20-32(36(30)34)33-21-12-19-31(29)37(33)35/h8-9,11-12,14,18-25H,1-7,10,13,16-17,26H2. The number of alkyl halides is 1. The maximum atomic E-state index is 3.57. The van der Waals surface area contributed by atoms with Crippen molar-refractivity contribution in [3.8, 4) is 0 Å². The molecule has 5 aromatic carbocycles. The van der Waals surface area contributed by atoms with Gasteiger partial charge in [0.2, 0.25) is 0 Å². The molecule has 1 aliphatic rings. The molecule has 0 heterocycles. The van der Waals surface area contributed by atoms with Gasteiger partial charge in [-0.05, 0) is 111 Å². The zero-order chi connectivity index (χ0) is 25.7. The Hall–Kier alpha value is -2.86. The van der Waals surface area contributed by atoms with E-state index in [1.54, 1.807) is 0 Å². The quantitative estimate of drug-likeness (QED) is 0.0441. The summed E-state index contributed by atoms with van der Waals surface area (Å²) in [5, 5.41) is 12.6. The molecular weight excluding hydrogens is 524 g/mol. The summed E-state index contributed by atoms with van der Waals surface area (Å²) in [7, 11) is 0. The number of unbranched alkanes of at least 4 members (excludes halogenated alkanes) is 6. The Balaban J connectivity index is 1.27. The summed E-state index contributed by atoms with van der Waals surface area (Å²) in [6.07, 6.45) is 20.1. The first-order chi connectivity index (χ1) is 18.8. The smallest absolute Gasteiger partial charge is 0.00313 e. The molecule has 0 N–H and O–H groups in total. The minimum absolute atomic E-state index is 1.12. The van der Waals surface area contributed by atoms with Gasteiger partial charge in [0, 0.05) is 5.33 Å². The van der Waals surface area contributed by atoms with Crippen molar-refractivity contribution in [2.75, 3.05) is 5.33 Å². The second-order valence-electron chi connectivity index (χ2n) is 11.0. The van der Waals surface area contributed by atoms with Gasteiger partial charge in [0.1, 0.15) is 0 Å². The highest BCUT2D eigenvalue weighted by Crippen LogP contribution is 2.42. The lowest BCUT2D eigenvalue weighted by molar-refractivity contribution is 0.643. The molecule has 1 heteroatoms. The first-order valence-corrected chi connectivity index (χ1v) is 15.8. The van der Waals surface area contributed by atoms with Gasteiger partial charge >= 0.3 is 0 Å². The average Bonchev–Trinajstić information content (AvgIpc) is 3.48. The third-order valence-corrected chi connectivity index (χ3v) is 9.04. The molecule has 0 atom stereocenters. The van der Waals surface area contributed by atoms with Crippen molar-refractivity contribution in [2.45, 2.75) is 70.6 Å². The minimum Gasteiger partial charge on any atom is -0.117 e. The first kappa shape index (κ1) is 25.4. The number of benzene rings is 5. The van der Waals surface area contributed by atoms with Gasteiger partial charge in [-0.25, -0.2) is 0 Å². The molecule has 0 spiro atoms. The fraction of sp³-hybridized carbons (Fsp3) is 0.324. The van der Waals surface area contributed by atoms with E-state index in [1.807, 2.05) is 6.08 Å². The normalized spacial score (nSPS) is 13.1. The number of hydrogen-bond acceptors (Lipinski definition) is 0. The maximum Gasteiger partial charge on any atom is 0.00313 e. The third kappa shape index (κ3) is 5.07. The Morgan fingerprint density at radius 3 is 1.53 bits per heavy atom. The van der Waals surface area contributed by atoms with Gasteiger partial charge < -0.3 is 0 Å². The summed E-state index contributed by atoms with van der Waals surface area (Å²) in [5.41, 5.74) is 7.70. The van der Waals surface area contributed by atoms with E-state index in [1.165, 1.54) is 118 Å². The van der Waals surface area contributed by atoms with E-state index in [0.717, 1.165) is 18.2 Å². The molecule has 0 fully saturated rings. The number of allylic oxidation sites excluding steroid dienone is 3.